The second-order valence-corrected chi connectivity index (χ2v) is 10.8. The van der Waals surface area contributed by atoms with E-state index < -0.39 is 0 Å². The van der Waals surface area contributed by atoms with E-state index in [4.69, 9.17) is 0 Å². The summed E-state index contributed by atoms with van der Waals surface area (Å²) in [4.78, 5) is 36.5. The van der Waals surface area contributed by atoms with Gasteiger partial charge >= 0.3 is 0 Å². The van der Waals surface area contributed by atoms with Crippen LogP contribution in [0, 0.1) is 6.92 Å². The number of carbonyl (C=O) groups is 2. The third-order valence-corrected chi connectivity index (χ3v) is 8.45. The first-order valence-corrected chi connectivity index (χ1v) is 13.6. The van der Waals surface area contributed by atoms with Gasteiger partial charge in [0.2, 0.25) is 5.91 Å². The normalized spacial score (nSPS) is 14.4. The average molecular weight is 493 g/mol. The maximum Gasteiger partial charge on any atom is 0.254 e. The number of thioether (sulfide) groups is 1. The number of nitrogens with zero attached hydrogens (tertiary/aromatic N) is 2. The van der Waals surface area contributed by atoms with Crippen LogP contribution >= 0.6 is 23.1 Å². The van der Waals surface area contributed by atoms with E-state index in [9.17, 15) is 9.59 Å². The molecule has 3 aromatic rings. The average Bonchev–Trinajstić information content (AvgIpc) is 3.46. The number of aromatic nitrogens is 2. The van der Waals surface area contributed by atoms with Gasteiger partial charge in [-0.3, -0.25) is 9.59 Å². The maximum absolute atomic E-state index is 13.2. The minimum absolute atomic E-state index is 0.121. The molecule has 0 unspecified atom stereocenters. The summed E-state index contributed by atoms with van der Waals surface area (Å²) in [5.41, 5.74) is 6.20. The highest BCUT2D eigenvalue weighted by Gasteiger charge is 2.26. The van der Waals surface area contributed by atoms with E-state index in [0.29, 0.717) is 22.3 Å². The van der Waals surface area contributed by atoms with Crippen LogP contribution in [0.3, 0.4) is 0 Å². The van der Waals surface area contributed by atoms with Crippen molar-refractivity contribution in [3.8, 4) is 0 Å². The topological polar surface area (TPSA) is 84.0 Å². The van der Waals surface area contributed by atoms with E-state index >= 15 is 0 Å². The first-order valence-electron chi connectivity index (χ1n) is 11.8. The summed E-state index contributed by atoms with van der Waals surface area (Å²) < 4.78 is 0. The van der Waals surface area contributed by atoms with Crippen molar-refractivity contribution in [2.45, 2.75) is 63.6 Å². The molecule has 0 bridgehead atoms. The Morgan fingerprint density at radius 1 is 1.00 bits per heavy atom. The van der Waals surface area contributed by atoms with Crippen molar-refractivity contribution in [1.82, 2.24) is 15.3 Å². The summed E-state index contributed by atoms with van der Waals surface area (Å²) in [6.45, 7) is 2.48. The van der Waals surface area contributed by atoms with Crippen molar-refractivity contribution in [1.29, 1.82) is 0 Å². The van der Waals surface area contributed by atoms with Gasteiger partial charge in [-0.05, 0) is 68.6 Å². The fourth-order valence-corrected chi connectivity index (χ4v) is 6.72. The molecule has 0 atom stereocenters. The first-order chi connectivity index (χ1) is 16.6. The third-order valence-electron chi connectivity index (χ3n) is 6.40. The number of anilines is 1. The molecule has 0 spiro atoms. The number of aryl methyl sites for hydroxylation is 3. The quantitative estimate of drug-likeness (QED) is 0.363. The summed E-state index contributed by atoms with van der Waals surface area (Å²) in [6.07, 6.45) is 7.19. The number of benzene rings is 1. The molecule has 34 heavy (non-hydrogen) atoms. The Kier molecular flexibility index (Phi) is 6.97. The Bertz CT molecular complexity index is 1220. The van der Waals surface area contributed by atoms with Crippen LogP contribution < -0.4 is 10.6 Å². The lowest BCUT2D eigenvalue weighted by molar-refractivity contribution is -0.113. The minimum atomic E-state index is -0.137. The number of thiophene rings is 1. The molecule has 1 aromatic carbocycles. The monoisotopic (exact) mass is 492 g/mol. The van der Waals surface area contributed by atoms with Gasteiger partial charge in [-0.1, -0.05) is 42.1 Å². The van der Waals surface area contributed by atoms with Crippen molar-refractivity contribution in [2.75, 3.05) is 11.1 Å². The lowest BCUT2D eigenvalue weighted by atomic mass is 9.95. The highest BCUT2D eigenvalue weighted by Crippen LogP contribution is 2.38. The van der Waals surface area contributed by atoms with Crippen LogP contribution in [0.5, 0.6) is 0 Å². The summed E-state index contributed by atoms with van der Waals surface area (Å²) in [6, 6.07) is 9.87. The molecule has 2 amide bonds. The predicted molar refractivity (Wildman–Crippen MR) is 137 cm³/mol. The molecule has 0 saturated heterocycles. The molecule has 0 aliphatic heterocycles. The summed E-state index contributed by atoms with van der Waals surface area (Å²) in [5, 5.41) is 7.38. The number of hydrogen-bond acceptors (Lipinski definition) is 6. The van der Waals surface area contributed by atoms with Crippen LogP contribution in [-0.4, -0.2) is 27.5 Å². The van der Waals surface area contributed by atoms with E-state index in [1.165, 1.54) is 22.2 Å². The SMILES string of the molecule is Cc1nc(SCC(=O)Nc2sc3c(c2C(=O)NCc2ccccc2)CCCC3)nc2c1CCC2. The lowest BCUT2D eigenvalue weighted by Crippen LogP contribution is -2.25. The van der Waals surface area contributed by atoms with Crippen LogP contribution in [0.2, 0.25) is 0 Å². The molecule has 8 heteroatoms. The molecular weight excluding hydrogens is 464 g/mol. The van der Waals surface area contributed by atoms with Crippen molar-refractivity contribution < 1.29 is 9.59 Å². The maximum atomic E-state index is 13.2. The second kappa shape index (κ2) is 10.3. The molecule has 2 aliphatic rings. The molecule has 2 N–H and O–H groups in total. The van der Waals surface area contributed by atoms with Crippen LogP contribution in [0.25, 0.3) is 0 Å². The van der Waals surface area contributed by atoms with Crippen LogP contribution in [0.15, 0.2) is 35.5 Å². The van der Waals surface area contributed by atoms with Gasteiger partial charge in [0.15, 0.2) is 5.16 Å². The Hall–Kier alpha value is -2.71. The van der Waals surface area contributed by atoms with Gasteiger partial charge in [0.05, 0.1) is 11.3 Å². The molecule has 0 radical (unpaired) electrons. The molecule has 5 rings (SSSR count). The third kappa shape index (κ3) is 5.03. The van der Waals surface area contributed by atoms with Crippen molar-refractivity contribution >= 4 is 39.9 Å². The van der Waals surface area contributed by atoms with Gasteiger partial charge in [0.25, 0.3) is 5.91 Å². The number of amides is 2. The van der Waals surface area contributed by atoms with E-state index in [-0.39, 0.29) is 17.6 Å². The van der Waals surface area contributed by atoms with E-state index in [1.807, 2.05) is 37.3 Å². The van der Waals surface area contributed by atoms with E-state index in [0.717, 1.165) is 67.5 Å². The highest BCUT2D eigenvalue weighted by atomic mass is 32.2. The summed E-state index contributed by atoms with van der Waals surface area (Å²) >= 11 is 2.90. The van der Waals surface area contributed by atoms with Gasteiger partial charge in [-0.15, -0.1) is 11.3 Å². The van der Waals surface area contributed by atoms with Crippen molar-refractivity contribution in [2.24, 2.45) is 0 Å². The Labute approximate surface area is 208 Å². The zero-order valence-electron chi connectivity index (χ0n) is 19.3. The lowest BCUT2D eigenvalue weighted by Gasteiger charge is -2.13. The zero-order valence-corrected chi connectivity index (χ0v) is 20.9. The largest absolute Gasteiger partial charge is 0.348 e. The standard InChI is InChI=1S/C26H28N4O2S2/c1-16-18-11-7-12-20(18)29-26(28-16)33-15-22(31)30-25-23(19-10-5-6-13-21(19)34-25)24(32)27-14-17-8-3-2-4-9-17/h2-4,8-9H,5-7,10-15H2,1H3,(H,27,32)(H,30,31). The van der Waals surface area contributed by atoms with Crippen molar-refractivity contribution in [3.63, 3.8) is 0 Å². The number of carbonyl (C=O) groups excluding carboxylic acids is 2. The second-order valence-electron chi connectivity index (χ2n) is 8.79. The number of rotatable bonds is 7. The highest BCUT2D eigenvalue weighted by molar-refractivity contribution is 7.99. The molecule has 2 heterocycles. The van der Waals surface area contributed by atoms with Gasteiger partial charge < -0.3 is 10.6 Å². The number of fused-ring (bicyclic) bond motifs is 2. The van der Waals surface area contributed by atoms with Crippen LogP contribution in [0.1, 0.15) is 62.6 Å². The number of nitrogens with one attached hydrogen (secondary N) is 2. The first kappa shape index (κ1) is 23.1. The Morgan fingerprint density at radius 3 is 2.65 bits per heavy atom. The summed E-state index contributed by atoms with van der Waals surface area (Å²) in [5.74, 6) is -0.0440. The van der Waals surface area contributed by atoms with Gasteiger partial charge in [-0.25, -0.2) is 9.97 Å². The Morgan fingerprint density at radius 2 is 1.79 bits per heavy atom. The van der Waals surface area contributed by atoms with Gasteiger partial charge in [0.1, 0.15) is 5.00 Å². The number of hydrogen-bond donors (Lipinski definition) is 2. The van der Waals surface area contributed by atoms with Crippen LogP contribution in [0.4, 0.5) is 5.00 Å². The molecule has 2 aliphatic carbocycles. The molecular formula is C26H28N4O2S2. The minimum Gasteiger partial charge on any atom is -0.348 e. The zero-order chi connectivity index (χ0) is 23.5. The summed E-state index contributed by atoms with van der Waals surface area (Å²) in [7, 11) is 0. The molecule has 0 saturated carbocycles. The van der Waals surface area contributed by atoms with Crippen LogP contribution in [-0.2, 0) is 37.0 Å². The van der Waals surface area contributed by atoms with Gasteiger partial charge in [0, 0.05) is 22.8 Å². The smallest absolute Gasteiger partial charge is 0.254 e. The van der Waals surface area contributed by atoms with E-state index in [2.05, 4.69) is 20.6 Å². The molecule has 6 nitrogen and oxygen atoms in total. The van der Waals surface area contributed by atoms with Gasteiger partial charge in [-0.2, -0.15) is 0 Å². The fraction of sp³-hybridized carbons (Fsp3) is 0.385. The van der Waals surface area contributed by atoms with Crippen molar-refractivity contribution in [3.05, 3.63) is 68.9 Å². The van der Waals surface area contributed by atoms with E-state index in [1.54, 1.807) is 11.3 Å². The molecule has 176 valence electrons. The molecule has 0 fully saturated rings. The molecule has 2 aromatic heterocycles. The Balaban J connectivity index is 1.28. The predicted octanol–water partition coefficient (Wildman–Crippen LogP) is 4.87. The fourth-order valence-electron chi connectivity index (χ4n) is 4.71.